The molecule has 20 heavy (non-hydrogen) atoms. The fourth-order valence-corrected chi connectivity index (χ4v) is 4.73. The van der Waals surface area contributed by atoms with Gasteiger partial charge in [-0.05, 0) is 61.9 Å². The monoisotopic (exact) mass is 355 g/mol. The van der Waals surface area contributed by atoms with E-state index in [0.717, 1.165) is 11.0 Å². The highest BCUT2D eigenvalue weighted by atomic mass is 79.9. The molecule has 2 atom stereocenters. The van der Waals surface area contributed by atoms with Gasteiger partial charge in [-0.3, -0.25) is 0 Å². The number of benzene rings is 1. The van der Waals surface area contributed by atoms with Crippen LogP contribution in [-0.2, 0) is 0 Å². The van der Waals surface area contributed by atoms with Crippen LogP contribution in [0.3, 0.4) is 0 Å². The molecule has 1 aliphatic carbocycles. The van der Waals surface area contributed by atoms with Crippen molar-refractivity contribution in [3.63, 3.8) is 0 Å². The summed E-state index contributed by atoms with van der Waals surface area (Å²) in [5.41, 5.74) is 0.484. The molecule has 2 unspecified atom stereocenters. The number of hydrogen-bond donors (Lipinski definition) is 1. The van der Waals surface area contributed by atoms with Gasteiger partial charge < -0.3 is 5.32 Å². The van der Waals surface area contributed by atoms with Crippen LogP contribution in [0.15, 0.2) is 33.6 Å². The van der Waals surface area contributed by atoms with Crippen molar-refractivity contribution in [3.8, 4) is 0 Å². The van der Waals surface area contributed by atoms with E-state index in [2.05, 4.69) is 78.0 Å². The minimum Gasteiger partial charge on any atom is -0.313 e. The number of thioether (sulfide) groups is 1. The van der Waals surface area contributed by atoms with Crippen LogP contribution in [0.4, 0.5) is 0 Å². The van der Waals surface area contributed by atoms with Crippen molar-refractivity contribution < 1.29 is 0 Å². The number of nitrogens with one attached hydrogen (secondary N) is 1. The first-order valence-electron chi connectivity index (χ1n) is 7.66. The maximum Gasteiger partial charge on any atom is 0.0253 e. The highest BCUT2D eigenvalue weighted by molar-refractivity contribution is 9.10. The third-order valence-corrected chi connectivity index (χ3v) is 5.96. The molecule has 0 saturated heterocycles. The van der Waals surface area contributed by atoms with Crippen molar-refractivity contribution in [1.82, 2.24) is 5.32 Å². The molecule has 0 aromatic heterocycles. The van der Waals surface area contributed by atoms with Gasteiger partial charge in [-0.2, -0.15) is 0 Å². The summed E-state index contributed by atoms with van der Waals surface area (Å²) in [7, 11) is 0. The second-order valence-electron chi connectivity index (χ2n) is 6.58. The summed E-state index contributed by atoms with van der Waals surface area (Å²) >= 11 is 5.56. The molecule has 0 amide bonds. The van der Waals surface area contributed by atoms with Crippen molar-refractivity contribution in [3.05, 3.63) is 28.7 Å². The fraction of sp³-hybridized carbons (Fsp3) is 0.647. The largest absolute Gasteiger partial charge is 0.313 e. The highest BCUT2D eigenvalue weighted by Crippen LogP contribution is 2.42. The normalized spacial score (nSPS) is 25.6. The second-order valence-corrected chi connectivity index (χ2v) is 8.81. The Hall–Kier alpha value is 0.01000. The van der Waals surface area contributed by atoms with Gasteiger partial charge in [0, 0.05) is 20.7 Å². The molecule has 3 heteroatoms. The van der Waals surface area contributed by atoms with E-state index in [0.29, 0.717) is 16.7 Å². The zero-order valence-corrected chi connectivity index (χ0v) is 15.2. The second kappa shape index (κ2) is 7.33. The molecule has 1 aromatic carbocycles. The Morgan fingerprint density at radius 1 is 1.30 bits per heavy atom. The highest BCUT2D eigenvalue weighted by Gasteiger charge is 2.35. The smallest absolute Gasteiger partial charge is 0.0253 e. The maximum absolute atomic E-state index is 3.76. The van der Waals surface area contributed by atoms with Crippen molar-refractivity contribution in [1.29, 1.82) is 0 Å². The lowest BCUT2D eigenvalue weighted by Gasteiger charge is -2.41. The Morgan fingerprint density at radius 3 is 2.65 bits per heavy atom. The van der Waals surface area contributed by atoms with E-state index in [-0.39, 0.29) is 0 Å². The lowest BCUT2D eigenvalue weighted by atomic mass is 9.75. The van der Waals surface area contributed by atoms with E-state index in [1.165, 1.54) is 30.6 Å². The molecule has 0 bridgehead atoms. The van der Waals surface area contributed by atoms with Gasteiger partial charge >= 0.3 is 0 Å². The van der Waals surface area contributed by atoms with Gasteiger partial charge in [0.1, 0.15) is 0 Å². The predicted octanol–water partition coefficient (Wildman–Crippen LogP) is 5.49. The average molecular weight is 356 g/mol. The van der Waals surface area contributed by atoms with Gasteiger partial charge in [0.15, 0.2) is 0 Å². The third kappa shape index (κ3) is 4.78. The van der Waals surface area contributed by atoms with Crippen LogP contribution in [0.25, 0.3) is 0 Å². The molecule has 0 heterocycles. The minimum atomic E-state index is 0.484. The molecular weight excluding hydrogens is 330 g/mol. The van der Waals surface area contributed by atoms with E-state index < -0.39 is 0 Å². The molecule has 1 aromatic rings. The van der Waals surface area contributed by atoms with Crippen LogP contribution in [0.2, 0.25) is 0 Å². The Labute approximate surface area is 136 Å². The summed E-state index contributed by atoms with van der Waals surface area (Å²) in [6.07, 6.45) is 5.16. The van der Waals surface area contributed by atoms with Gasteiger partial charge in [0.25, 0.3) is 0 Å². The molecule has 0 aliphatic heterocycles. The number of hydrogen-bond acceptors (Lipinski definition) is 2. The van der Waals surface area contributed by atoms with Crippen LogP contribution >= 0.6 is 27.7 Å². The van der Waals surface area contributed by atoms with Gasteiger partial charge in [-0.25, -0.2) is 0 Å². The van der Waals surface area contributed by atoms with E-state index in [1.807, 2.05) is 0 Å². The third-order valence-electron chi connectivity index (χ3n) is 4.09. The predicted molar refractivity (Wildman–Crippen MR) is 93.5 cm³/mol. The quantitative estimate of drug-likeness (QED) is 0.749. The summed E-state index contributed by atoms with van der Waals surface area (Å²) in [4.78, 5) is 1.39. The Balaban J connectivity index is 2.04. The van der Waals surface area contributed by atoms with Crippen LogP contribution in [-0.4, -0.2) is 17.8 Å². The van der Waals surface area contributed by atoms with Crippen molar-refractivity contribution in [2.45, 2.75) is 62.6 Å². The summed E-state index contributed by atoms with van der Waals surface area (Å²) in [6, 6.07) is 9.41. The molecule has 1 nitrogen and oxygen atoms in total. The number of rotatable bonds is 5. The molecule has 1 saturated carbocycles. The minimum absolute atomic E-state index is 0.484. The first kappa shape index (κ1) is 16.4. The molecule has 0 radical (unpaired) electrons. The summed E-state index contributed by atoms with van der Waals surface area (Å²) < 4.78 is 1.16. The molecule has 2 rings (SSSR count). The molecule has 1 aliphatic rings. The zero-order valence-electron chi connectivity index (χ0n) is 12.8. The van der Waals surface area contributed by atoms with E-state index in [1.54, 1.807) is 0 Å². The van der Waals surface area contributed by atoms with E-state index in [9.17, 15) is 0 Å². The van der Waals surface area contributed by atoms with E-state index >= 15 is 0 Å². The Kier molecular flexibility index (Phi) is 6.00. The summed E-state index contributed by atoms with van der Waals surface area (Å²) in [6.45, 7) is 8.22. The standard InChI is InChI=1S/C17H26BrNS/c1-4-11-19-15-9-10-17(2,3)12-16(15)20-14-7-5-13(18)6-8-14/h5-8,15-16,19H,4,9-12H2,1-3H3. The van der Waals surface area contributed by atoms with Crippen molar-refractivity contribution >= 4 is 27.7 Å². The summed E-state index contributed by atoms with van der Waals surface area (Å²) in [5, 5.41) is 4.45. The Morgan fingerprint density at radius 2 is 2.00 bits per heavy atom. The molecule has 1 fully saturated rings. The lowest BCUT2D eigenvalue weighted by Crippen LogP contribution is -2.45. The first-order chi connectivity index (χ1) is 9.50. The van der Waals surface area contributed by atoms with Crippen LogP contribution < -0.4 is 5.32 Å². The molecule has 0 spiro atoms. The number of halogens is 1. The van der Waals surface area contributed by atoms with Crippen LogP contribution in [0, 0.1) is 5.41 Å². The fourth-order valence-electron chi connectivity index (χ4n) is 2.90. The van der Waals surface area contributed by atoms with Crippen LogP contribution in [0.5, 0.6) is 0 Å². The molecular formula is C17H26BrNS. The van der Waals surface area contributed by atoms with Gasteiger partial charge in [-0.15, -0.1) is 11.8 Å². The maximum atomic E-state index is 3.76. The lowest BCUT2D eigenvalue weighted by molar-refractivity contribution is 0.214. The Bertz CT molecular complexity index is 416. The van der Waals surface area contributed by atoms with Crippen molar-refractivity contribution in [2.24, 2.45) is 5.41 Å². The summed E-state index contributed by atoms with van der Waals surface area (Å²) in [5.74, 6) is 0. The SMILES string of the molecule is CCCNC1CCC(C)(C)CC1Sc1ccc(Br)cc1. The first-order valence-corrected chi connectivity index (χ1v) is 9.33. The van der Waals surface area contributed by atoms with Gasteiger partial charge in [0.2, 0.25) is 0 Å². The van der Waals surface area contributed by atoms with Gasteiger partial charge in [-0.1, -0.05) is 36.7 Å². The average Bonchev–Trinajstić information content (AvgIpc) is 2.40. The topological polar surface area (TPSA) is 12.0 Å². The zero-order chi connectivity index (χ0) is 14.6. The van der Waals surface area contributed by atoms with Gasteiger partial charge in [0.05, 0.1) is 0 Å². The molecule has 112 valence electrons. The van der Waals surface area contributed by atoms with Crippen molar-refractivity contribution in [2.75, 3.05) is 6.54 Å². The van der Waals surface area contributed by atoms with Crippen LogP contribution in [0.1, 0.15) is 46.5 Å². The molecule has 1 N–H and O–H groups in total. The van der Waals surface area contributed by atoms with E-state index in [4.69, 9.17) is 0 Å².